The molecular weight excluding hydrogens is 414 g/mol. The maximum atomic E-state index is 7.75. The lowest BCUT2D eigenvalue weighted by atomic mass is 10.0. The number of rotatable bonds is 8. The van der Waals surface area contributed by atoms with Gasteiger partial charge in [-0.05, 0) is 58.3 Å². The summed E-state index contributed by atoms with van der Waals surface area (Å²) >= 11 is 0. The highest BCUT2D eigenvalue weighted by Gasteiger charge is 2.22. The van der Waals surface area contributed by atoms with Gasteiger partial charge in [0.25, 0.3) is 0 Å². The van der Waals surface area contributed by atoms with Gasteiger partial charge in [0.15, 0.2) is 11.5 Å². The second-order valence-electron chi connectivity index (χ2n) is 9.28. The fourth-order valence-electron chi connectivity index (χ4n) is 4.59. The van der Waals surface area contributed by atoms with Crippen LogP contribution in [0.3, 0.4) is 0 Å². The van der Waals surface area contributed by atoms with E-state index in [1.165, 1.54) is 5.56 Å². The molecule has 1 aliphatic rings. The van der Waals surface area contributed by atoms with Gasteiger partial charge in [0.05, 0.1) is 11.9 Å². The number of nitrogens with two attached hydrogens (primary N) is 1. The van der Waals surface area contributed by atoms with Gasteiger partial charge >= 0.3 is 0 Å². The van der Waals surface area contributed by atoms with Crippen molar-refractivity contribution in [3.63, 3.8) is 0 Å². The van der Waals surface area contributed by atoms with Crippen LogP contribution in [-0.2, 0) is 6.42 Å². The van der Waals surface area contributed by atoms with Gasteiger partial charge < -0.3 is 20.9 Å². The van der Waals surface area contributed by atoms with Crippen molar-refractivity contribution in [3.8, 4) is 0 Å². The summed E-state index contributed by atoms with van der Waals surface area (Å²) in [7, 11) is 4.32. The molecule has 0 aromatic carbocycles. The molecule has 9 heteroatoms. The van der Waals surface area contributed by atoms with Crippen LogP contribution in [0.1, 0.15) is 57.7 Å². The van der Waals surface area contributed by atoms with Crippen LogP contribution in [0.15, 0.2) is 18.5 Å². The molecule has 1 aliphatic heterocycles. The first-order valence-corrected chi connectivity index (χ1v) is 11.8. The normalized spacial score (nSPS) is 16.4. The number of nitrogen functional groups attached to an aromatic ring is 1. The topological polar surface area (TPSA) is 100 Å². The first kappa shape index (κ1) is 21.9. The molecule has 1 atom stereocenters. The van der Waals surface area contributed by atoms with Crippen LogP contribution in [0.4, 0.5) is 17.6 Å². The Balaban J connectivity index is 1.51. The lowest BCUT2D eigenvalue weighted by molar-refractivity contribution is 0.249. The number of fused-ring (bicyclic) bond motifs is 1. The third-order valence-electron chi connectivity index (χ3n) is 6.42. The van der Waals surface area contributed by atoms with Crippen molar-refractivity contribution >= 4 is 23.2 Å². The highest BCUT2D eigenvalue weighted by Crippen LogP contribution is 2.25. The first-order valence-electron chi connectivity index (χ1n) is 12.5. The van der Waals surface area contributed by atoms with Crippen molar-refractivity contribution in [2.45, 2.75) is 64.9 Å². The largest absolute Gasteiger partial charge is 0.380 e. The lowest BCUT2D eigenvalue weighted by Gasteiger charge is -2.36. The summed E-state index contributed by atoms with van der Waals surface area (Å²) in [6.45, 7) is 6.56. The molecule has 0 bridgehead atoms. The number of hydrogen-bond acceptors (Lipinski definition) is 8. The van der Waals surface area contributed by atoms with E-state index in [1.807, 2.05) is 6.20 Å². The summed E-state index contributed by atoms with van der Waals surface area (Å²) < 4.78 is 9.51. The molecule has 3 aromatic heterocycles. The van der Waals surface area contributed by atoms with E-state index in [9.17, 15) is 0 Å². The minimum Gasteiger partial charge on any atom is -0.380 e. The molecule has 4 rings (SSSR count). The van der Waals surface area contributed by atoms with Gasteiger partial charge in [0, 0.05) is 39.2 Å². The summed E-state index contributed by atoms with van der Waals surface area (Å²) in [5.41, 5.74) is 9.92. The third kappa shape index (κ3) is 5.19. The van der Waals surface area contributed by atoms with Gasteiger partial charge in [-0.3, -0.25) is 0 Å². The maximum Gasteiger partial charge on any atom is 0.243 e. The van der Waals surface area contributed by atoms with E-state index < -0.39 is 0 Å². The number of hydrogen-bond donors (Lipinski definition) is 2. The second kappa shape index (κ2) is 9.91. The van der Waals surface area contributed by atoms with E-state index in [4.69, 9.17) is 12.1 Å². The van der Waals surface area contributed by atoms with Gasteiger partial charge in [0.1, 0.15) is 5.82 Å². The molecule has 178 valence electrons. The summed E-state index contributed by atoms with van der Waals surface area (Å²) in [6.07, 6.45) is 8.59. The Bertz CT molecular complexity index is 1110. The van der Waals surface area contributed by atoms with Crippen LogP contribution in [0.2, 0.25) is 0 Å². The SMILES string of the molecule is [2H]C[C@@H](CCC)Nc1nc(N)c2ncc(Cc3cnc(N4CCC(N(C)C)CC4)c(C)c3)n2n1. The molecule has 0 radical (unpaired) electrons. The van der Waals surface area contributed by atoms with Crippen LogP contribution in [0.5, 0.6) is 0 Å². The van der Waals surface area contributed by atoms with Crippen LogP contribution >= 0.6 is 0 Å². The maximum absolute atomic E-state index is 7.75. The quantitative estimate of drug-likeness (QED) is 0.538. The average molecular weight is 453 g/mol. The second-order valence-corrected chi connectivity index (χ2v) is 9.28. The zero-order valence-electron chi connectivity index (χ0n) is 21.3. The lowest BCUT2D eigenvalue weighted by Crippen LogP contribution is -2.42. The van der Waals surface area contributed by atoms with E-state index in [1.54, 1.807) is 10.7 Å². The first-order chi connectivity index (χ1) is 16.4. The Hall–Kier alpha value is -2.94. The van der Waals surface area contributed by atoms with Crippen LogP contribution in [-0.4, -0.2) is 68.7 Å². The number of pyridine rings is 1. The number of nitrogens with zero attached hydrogens (tertiary/aromatic N) is 7. The summed E-state index contributed by atoms with van der Waals surface area (Å²) in [6, 6.07) is 2.86. The molecular formula is C24H37N9. The monoisotopic (exact) mass is 452 g/mol. The number of imidazole rings is 1. The van der Waals surface area contributed by atoms with Crippen LogP contribution in [0.25, 0.3) is 5.65 Å². The molecule has 1 saturated heterocycles. The predicted octanol–water partition coefficient (Wildman–Crippen LogP) is 3.13. The Morgan fingerprint density at radius 3 is 2.73 bits per heavy atom. The number of piperidine rings is 1. The van der Waals surface area contributed by atoms with Crippen LogP contribution in [0, 0.1) is 6.92 Å². The van der Waals surface area contributed by atoms with E-state index in [0.29, 0.717) is 29.9 Å². The summed E-state index contributed by atoms with van der Waals surface area (Å²) in [4.78, 5) is 18.4. The summed E-state index contributed by atoms with van der Waals surface area (Å²) in [5, 5.41) is 7.88. The third-order valence-corrected chi connectivity index (χ3v) is 6.42. The van der Waals surface area contributed by atoms with Crippen LogP contribution < -0.4 is 16.0 Å². The van der Waals surface area contributed by atoms with Gasteiger partial charge in [-0.2, -0.15) is 4.98 Å². The molecule has 1 fully saturated rings. The molecule has 0 saturated carbocycles. The minimum absolute atomic E-state index is 0.00370. The molecule has 4 heterocycles. The highest BCUT2D eigenvalue weighted by molar-refractivity contribution is 5.61. The van der Waals surface area contributed by atoms with E-state index >= 15 is 0 Å². The fraction of sp³-hybridized carbons (Fsp3) is 0.583. The summed E-state index contributed by atoms with van der Waals surface area (Å²) in [5.74, 6) is 1.84. The van der Waals surface area contributed by atoms with Crippen molar-refractivity contribution in [3.05, 3.63) is 35.3 Å². The van der Waals surface area contributed by atoms with Gasteiger partial charge in [-0.1, -0.05) is 19.4 Å². The number of aryl methyl sites for hydroxylation is 1. The van der Waals surface area contributed by atoms with E-state index in [2.05, 4.69) is 64.2 Å². The molecule has 33 heavy (non-hydrogen) atoms. The van der Waals surface area contributed by atoms with Gasteiger partial charge in [-0.25, -0.2) is 14.5 Å². The fourth-order valence-corrected chi connectivity index (χ4v) is 4.59. The molecule has 3 N–H and O–H groups in total. The standard InChI is InChI=1S/C24H37N9/c1-6-7-17(3)28-24-29-21(25)23-27-15-20(33(23)30-24)13-18-12-16(2)22(26-14-18)32-10-8-19(9-11-32)31(4)5/h12,14-15,17,19H,6-11,13H2,1-5H3,(H3,25,28,29,30)/t17-/m0/s1/i3D. The molecule has 0 unspecified atom stereocenters. The highest BCUT2D eigenvalue weighted by atomic mass is 15.3. The van der Waals surface area contributed by atoms with Gasteiger partial charge in [-0.15, -0.1) is 5.10 Å². The molecule has 0 aliphatic carbocycles. The Kier molecular flexibility index (Phi) is 6.57. The Labute approximate surface area is 197 Å². The van der Waals surface area contributed by atoms with Crippen molar-refractivity contribution in [1.82, 2.24) is 29.5 Å². The van der Waals surface area contributed by atoms with E-state index in [-0.39, 0.29) is 12.9 Å². The molecule has 0 spiro atoms. The smallest absolute Gasteiger partial charge is 0.243 e. The Morgan fingerprint density at radius 1 is 1.27 bits per heavy atom. The van der Waals surface area contributed by atoms with Crippen molar-refractivity contribution < 1.29 is 1.37 Å². The van der Waals surface area contributed by atoms with Crippen molar-refractivity contribution in [2.24, 2.45) is 0 Å². The van der Waals surface area contributed by atoms with Gasteiger partial charge in [0.2, 0.25) is 5.95 Å². The minimum atomic E-state index is -0.00370. The van der Waals surface area contributed by atoms with E-state index in [0.717, 1.165) is 55.8 Å². The zero-order valence-corrected chi connectivity index (χ0v) is 20.3. The average Bonchev–Trinajstić information content (AvgIpc) is 3.22. The zero-order chi connectivity index (χ0) is 24.2. The Morgan fingerprint density at radius 2 is 2.06 bits per heavy atom. The molecule has 3 aromatic rings. The number of anilines is 3. The van der Waals surface area contributed by atoms with Crippen molar-refractivity contribution in [1.29, 1.82) is 0 Å². The molecule has 0 amide bonds. The number of nitrogens with one attached hydrogen (secondary N) is 1. The predicted molar refractivity (Wildman–Crippen MR) is 134 cm³/mol. The van der Waals surface area contributed by atoms with Crippen molar-refractivity contribution in [2.75, 3.05) is 43.1 Å². The number of aromatic nitrogens is 5. The molecule has 9 nitrogen and oxygen atoms in total.